The lowest BCUT2D eigenvalue weighted by molar-refractivity contribution is -0.117. The molecule has 2 aromatic rings. The normalized spacial score (nSPS) is 13.3. The molecule has 0 saturated heterocycles. The van der Waals surface area contributed by atoms with E-state index in [1.165, 1.54) is 6.07 Å². The van der Waals surface area contributed by atoms with Gasteiger partial charge in [-0.1, -0.05) is 38.8 Å². The van der Waals surface area contributed by atoms with Crippen molar-refractivity contribution in [2.24, 2.45) is 0 Å². The van der Waals surface area contributed by atoms with Crippen molar-refractivity contribution in [2.75, 3.05) is 17.6 Å². The molecule has 0 radical (unpaired) electrons. The Kier molecular flexibility index (Phi) is 6.33. The summed E-state index contributed by atoms with van der Waals surface area (Å²) in [5.41, 5.74) is 2.52. The lowest BCUT2D eigenvalue weighted by Crippen LogP contribution is -2.28. The highest BCUT2D eigenvalue weighted by Crippen LogP contribution is 2.32. The molecule has 32 heavy (non-hydrogen) atoms. The molecule has 1 heterocycles. The highest BCUT2D eigenvalue weighted by atomic mass is 32.2. The molecule has 0 spiro atoms. The largest absolute Gasteiger partial charge is 0.488 e. The van der Waals surface area contributed by atoms with Crippen LogP contribution < -0.4 is 14.8 Å². The van der Waals surface area contributed by atoms with Crippen molar-refractivity contribution in [1.29, 1.82) is 0 Å². The summed E-state index contributed by atoms with van der Waals surface area (Å²) < 4.78 is 45.1. The Morgan fingerprint density at radius 1 is 1.25 bits per heavy atom. The van der Waals surface area contributed by atoms with E-state index < -0.39 is 15.8 Å². The monoisotopic (exact) mass is 456 g/mol. The number of fused-ring (bicyclic) bond motifs is 1. The Balaban J connectivity index is 1.74. The molecule has 1 aliphatic heterocycles. The Hall–Kier alpha value is -3.31. The number of sulfonamides is 1. The van der Waals surface area contributed by atoms with Crippen LogP contribution in [0.3, 0.4) is 0 Å². The van der Waals surface area contributed by atoms with Crippen LogP contribution in [0, 0.1) is 18.2 Å². The van der Waals surface area contributed by atoms with Crippen molar-refractivity contribution >= 4 is 27.7 Å². The standard InChI is InChI=1S/C24H25FN2O4S/c1-6-16-9-15(10-20(25)22(16)27-32(5,29)30)13-26-23(28)18-11-17-7-8-19(24(2,3)4)12-21(17)31-14-18/h1,7-12,27H,13-14H2,2-5H3,(H,26,28). The van der Waals surface area contributed by atoms with Gasteiger partial charge in [0.25, 0.3) is 5.91 Å². The van der Waals surface area contributed by atoms with E-state index in [1.807, 2.05) is 18.2 Å². The number of carbonyl (C=O) groups is 1. The minimum Gasteiger partial charge on any atom is -0.488 e. The van der Waals surface area contributed by atoms with Crippen LogP contribution in [0.2, 0.25) is 0 Å². The molecule has 0 unspecified atom stereocenters. The summed E-state index contributed by atoms with van der Waals surface area (Å²) in [5, 5.41) is 2.72. The Labute approximate surface area is 187 Å². The third kappa shape index (κ3) is 5.48. The van der Waals surface area contributed by atoms with Gasteiger partial charge in [-0.15, -0.1) is 6.42 Å². The molecule has 6 nitrogen and oxygen atoms in total. The second-order valence-electron chi connectivity index (χ2n) is 8.66. The van der Waals surface area contributed by atoms with Gasteiger partial charge in [-0.05, 0) is 40.8 Å². The summed E-state index contributed by atoms with van der Waals surface area (Å²) in [5.74, 6) is 1.82. The minimum absolute atomic E-state index is 0.0107. The number of halogens is 1. The van der Waals surface area contributed by atoms with E-state index in [4.69, 9.17) is 11.2 Å². The van der Waals surface area contributed by atoms with E-state index in [-0.39, 0.29) is 35.7 Å². The molecule has 0 aliphatic carbocycles. The molecule has 8 heteroatoms. The first-order valence-corrected chi connectivity index (χ1v) is 11.8. The molecular formula is C24H25FN2O4S. The topological polar surface area (TPSA) is 84.5 Å². The molecule has 3 rings (SSSR count). The molecule has 2 aromatic carbocycles. The predicted molar refractivity (Wildman–Crippen MR) is 123 cm³/mol. The number of ether oxygens (including phenoxy) is 1. The molecule has 1 aliphatic rings. The molecule has 1 amide bonds. The summed E-state index contributed by atoms with van der Waals surface area (Å²) in [7, 11) is -3.70. The predicted octanol–water partition coefficient (Wildman–Crippen LogP) is 3.57. The maximum absolute atomic E-state index is 14.4. The number of terminal acetylenes is 1. The van der Waals surface area contributed by atoms with E-state index >= 15 is 0 Å². The molecule has 0 saturated carbocycles. The molecule has 0 atom stereocenters. The smallest absolute Gasteiger partial charge is 0.250 e. The first-order valence-electron chi connectivity index (χ1n) is 9.90. The zero-order chi connectivity index (χ0) is 23.7. The fourth-order valence-corrected chi connectivity index (χ4v) is 3.80. The van der Waals surface area contributed by atoms with Crippen molar-refractivity contribution in [2.45, 2.75) is 32.7 Å². The van der Waals surface area contributed by atoms with Crippen LogP contribution in [0.25, 0.3) is 6.08 Å². The molecular weight excluding hydrogens is 431 g/mol. The average molecular weight is 457 g/mol. The fraction of sp³-hybridized carbons (Fsp3) is 0.292. The highest BCUT2D eigenvalue weighted by molar-refractivity contribution is 7.92. The van der Waals surface area contributed by atoms with E-state index in [2.05, 4.69) is 36.7 Å². The number of nitrogens with one attached hydrogen (secondary N) is 2. The zero-order valence-electron chi connectivity index (χ0n) is 18.4. The maximum Gasteiger partial charge on any atom is 0.250 e. The number of hydrogen-bond donors (Lipinski definition) is 2. The van der Waals surface area contributed by atoms with E-state index in [9.17, 15) is 17.6 Å². The van der Waals surface area contributed by atoms with Gasteiger partial charge in [0, 0.05) is 12.1 Å². The van der Waals surface area contributed by atoms with Crippen molar-refractivity contribution in [3.8, 4) is 18.1 Å². The number of benzene rings is 2. The first-order chi connectivity index (χ1) is 14.9. The highest BCUT2D eigenvalue weighted by Gasteiger charge is 2.21. The minimum atomic E-state index is -3.70. The van der Waals surface area contributed by atoms with Crippen molar-refractivity contribution in [3.63, 3.8) is 0 Å². The van der Waals surface area contributed by atoms with Crippen LogP contribution in [0.15, 0.2) is 35.9 Å². The maximum atomic E-state index is 14.4. The lowest BCUT2D eigenvalue weighted by Gasteiger charge is -2.23. The summed E-state index contributed by atoms with van der Waals surface area (Å²) >= 11 is 0. The van der Waals surface area contributed by atoms with Gasteiger partial charge in [0.15, 0.2) is 0 Å². The molecule has 0 fully saturated rings. The van der Waals surface area contributed by atoms with E-state index in [0.29, 0.717) is 11.1 Å². The SMILES string of the molecule is C#Cc1cc(CNC(=O)C2=Cc3ccc(C(C)(C)C)cc3OC2)cc(F)c1NS(C)(=O)=O. The first kappa shape index (κ1) is 23.4. The summed E-state index contributed by atoms with van der Waals surface area (Å²) in [6, 6.07) is 8.49. The number of amides is 1. The van der Waals surface area contributed by atoms with Crippen molar-refractivity contribution < 1.29 is 22.3 Å². The second-order valence-corrected chi connectivity index (χ2v) is 10.4. The van der Waals surface area contributed by atoms with Crippen LogP contribution in [0.5, 0.6) is 5.75 Å². The summed E-state index contributed by atoms with van der Waals surface area (Å²) in [6.07, 6.45) is 8.07. The Bertz CT molecular complexity index is 1250. The van der Waals surface area contributed by atoms with Crippen molar-refractivity contribution in [1.82, 2.24) is 5.32 Å². The number of rotatable bonds is 5. The van der Waals surface area contributed by atoms with Crippen LogP contribution in [0.1, 0.15) is 43.0 Å². The summed E-state index contributed by atoms with van der Waals surface area (Å²) in [6.45, 7) is 6.48. The summed E-state index contributed by atoms with van der Waals surface area (Å²) in [4.78, 5) is 12.6. The van der Waals surface area contributed by atoms with Crippen LogP contribution >= 0.6 is 0 Å². The fourth-order valence-electron chi connectivity index (χ4n) is 3.22. The van der Waals surface area contributed by atoms with Crippen LogP contribution in [-0.4, -0.2) is 27.2 Å². The van der Waals surface area contributed by atoms with Gasteiger partial charge in [0.05, 0.1) is 23.1 Å². The third-order valence-corrected chi connectivity index (χ3v) is 5.51. The Morgan fingerprint density at radius 3 is 2.59 bits per heavy atom. The van der Waals surface area contributed by atoms with Gasteiger partial charge in [0.2, 0.25) is 10.0 Å². The number of carbonyl (C=O) groups excluding carboxylic acids is 1. The lowest BCUT2D eigenvalue weighted by atomic mass is 9.86. The van der Waals surface area contributed by atoms with Gasteiger partial charge in [0.1, 0.15) is 18.2 Å². The third-order valence-electron chi connectivity index (χ3n) is 4.93. The van der Waals surface area contributed by atoms with Gasteiger partial charge in [-0.25, -0.2) is 12.8 Å². The molecule has 168 valence electrons. The van der Waals surface area contributed by atoms with Crippen LogP contribution in [-0.2, 0) is 26.8 Å². The van der Waals surface area contributed by atoms with E-state index in [1.54, 1.807) is 6.08 Å². The van der Waals surface area contributed by atoms with Gasteiger partial charge < -0.3 is 10.1 Å². The molecule has 0 aromatic heterocycles. The second kappa shape index (κ2) is 8.67. The quantitative estimate of drug-likeness (QED) is 0.674. The van der Waals surface area contributed by atoms with Gasteiger partial charge in [-0.2, -0.15) is 0 Å². The number of hydrogen-bond acceptors (Lipinski definition) is 4. The average Bonchev–Trinajstić information content (AvgIpc) is 2.71. The zero-order valence-corrected chi connectivity index (χ0v) is 19.2. The molecule has 0 bridgehead atoms. The van der Waals surface area contributed by atoms with Crippen LogP contribution in [0.4, 0.5) is 10.1 Å². The van der Waals surface area contributed by atoms with Crippen molar-refractivity contribution in [3.05, 3.63) is 64.0 Å². The Morgan fingerprint density at radius 2 is 1.97 bits per heavy atom. The van der Waals surface area contributed by atoms with Gasteiger partial charge >= 0.3 is 0 Å². The van der Waals surface area contributed by atoms with Gasteiger partial charge in [-0.3, -0.25) is 9.52 Å². The number of anilines is 1. The van der Waals surface area contributed by atoms with E-state index in [0.717, 1.165) is 29.2 Å². The molecule has 2 N–H and O–H groups in total.